The summed E-state index contributed by atoms with van der Waals surface area (Å²) in [6.45, 7) is 3.79. The Morgan fingerprint density at radius 3 is 2.92 bits per heavy atom. The van der Waals surface area contributed by atoms with Crippen molar-refractivity contribution in [2.24, 2.45) is 0 Å². The van der Waals surface area contributed by atoms with Crippen molar-refractivity contribution in [3.8, 4) is 0 Å². The molecule has 0 aliphatic heterocycles. The van der Waals surface area contributed by atoms with E-state index in [4.69, 9.17) is 0 Å². The summed E-state index contributed by atoms with van der Waals surface area (Å²) in [5.41, 5.74) is 1.75. The summed E-state index contributed by atoms with van der Waals surface area (Å²) in [7, 11) is 0. The number of aromatic amines is 1. The van der Waals surface area contributed by atoms with Crippen molar-refractivity contribution >= 4 is 11.6 Å². The van der Waals surface area contributed by atoms with Crippen LogP contribution in [0.15, 0.2) is 29.2 Å². The van der Waals surface area contributed by atoms with Gasteiger partial charge in [0.15, 0.2) is 11.5 Å². The van der Waals surface area contributed by atoms with Crippen LogP contribution in [0.1, 0.15) is 29.3 Å². The highest BCUT2D eigenvalue weighted by molar-refractivity contribution is 5.76. The van der Waals surface area contributed by atoms with E-state index in [1.54, 1.807) is 13.8 Å². The van der Waals surface area contributed by atoms with Gasteiger partial charge in [0.1, 0.15) is 5.82 Å². The molecule has 0 unspecified atom stereocenters. The lowest BCUT2D eigenvalue weighted by Crippen LogP contribution is -2.26. The van der Waals surface area contributed by atoms with Crippen LogP contribution in [-0.2, 0) is 17.8 Å². The van der Waals surface area contributed by atoms with Gasteiger partial charge in [-0.3, -0.25) is 14.0 Å². The number of pyridine rings is 1. The quantitative estimate of drug-likeness (QED) is 0.717. The maximum atomic E-state index is 12.0. The van der Waals surface area contributed by atoms with Crippen LogP contribution >= 0.6 is 0 Å². The average molecular weight is 326 g/mol. The van der Waals surface area contributed by atoms with Crippen molar-refractivity contribution in [3.05, 3.63) is 57.7 Å². The third-order valence-corrected chi connectivity index (χ3v) is 3.77. The smallest absolute Gasteiger partial charge is 0.254 e. The maximum Gasteiger partial charge on any atom is 0.254 e. The Labute approximate surface area is 138 Å². The van der Waals surface area contributed by atoms with Gasteiger partial charge in [-0.15, -0.1) is 10.2 Å². The predicted octanol–water partition coefficient (Wildman–Crippen LogP) is 0.678. The molecule has 0 bridgehead atoms. The molecule has 0 aromatic carbocycles. The fraction of sp³-hybridized carbons (Fsp3) is 0.312. The van der Waals surface area contributed by atoms with E-state index in [1.807, 2.05) is 28.8 Å². The number of aryl methyl sites for hydroxylation is 2. The van der Waals surface area contributed by atoms with E-state index < -0.39 is 0 Å². The van der Waals surface area contributed by atoms with Crippen LogP contribution in [0.3, 0.4) is 0 Å². The zero-order valence-corrected chi connectivity index (χ0v) is 13.5. The molecular weight excluding hydrogens is 308 g/mol. The van der Waals surface area contributed by atoms with Crippen LogP contribution < -0.4 is 10.9 Å². The van der Waals surface area contributed by atoms with Gasteiger partial charge in [0.05, 0.1) is 6.54 Å². The number of hydrogen-bond donors (Lipinski definition) is 2. The number of amides is 1. The zero-order chi connectivity index (χ0) is 17.1. The molecule has 124 valence electrons. The van der Waals surface area contributed by atoms with Crippen molar-refractivity contribution in [2.45, 2.75) is 33.2 Å². The van der Waals surface area contributed by atoms with E-state index in [-0.39, 0.29) is 24.4 Å². The molecule has 0 saturated carbocycles. The number of rotatable bonds is 5. The topological polar surface area (TPSA) is 105 Å². The van der Waals surface area contributed by atoms with E-state index in [0.29, 0.717) is 29.3 Å². The molecule has 3 aromatic heterocycles. The number of fused-ring (bicyclic) bond motifs is 1. The van der Waals surface area contributed by atoms with Gasteiger partial charge in [0, 0.05) is 23.9 Å². The fourth-order valence-electron chi connectivity index (χ4n) is 2.56. The molecule has 0 aliphatic carbocycles. The highest BCUT2D eigenvalue weighted by Gasteiger charge is 2.11. The summed E-state index contributed by atoms with van der Waals surface area (Å²) in [5.74, 6) is 1.08. The first-order chi connectivity index (χ1) is 11.5. The van der Waals surface area contributed by atoms with Crippen molar-refractivity contribution < 1.29 is 4.79 Å². The molecule has 3 rings (SSSR count). The van der Waals surface area contributed by atoms with E-state index >= 15 is 0 Å². The Bertz CT molecular complexity index is 943. The van der Waals surface area contributed by atoms with Crippen molar-refractivity contribution in [1.82, 2.24) is 29.9 Å². The number of aromatic nitrogens is 5. The van der Waals surface area contributed by atoms with Gasteiger partial charge in [-0.25, -0.2) is 4.98 Å². The summed E-state index contributed by atoms with van der Waals surface area (Å²) >= 11 is 0. The lowest BCUT2D eigenvalue weighted by atomic mass is 10.1. The molecule has 0 aliphatic rings. The molecule has 0 fully saturated rings. The van der Waals surface area contributed by atoms with Crippen LogP contribution in [0.25, 0.3) is 5.65 Å². The van der Waals surface area contributed by atoms with E-state index in [9.17, 15) is 9.59 Å². The Morgan fingerprint density at radius 2 is 2.12 bits per heavy atom. The molecule has 1 amide bonds. The summed E-state index contributed by atoms with van der Waals surface area (Å²) in [5, 5.41) is 10.9. The normalized spacial score (nSPS) is 10.9. The Kier molecular flexibility index (Phi) is 4.37. The second kappa shape index (κ2) is 6.61. The molecule has 8 heteroatoms. The average Bonchev–Trinajstić information content (AvgIpc) is 2.95. The summed E-state index contributed by atoms with van der Waals surface area (Å²) in [6.07, 6.45) is 2.41. The van der Waals surface area contributed by atoms with Crippen molar-refractivity contribution in [2.75, 3.05) is 0 Å². The van der Waals surface area contributed by atoms with Gasteiger partial charge in [-0.1, -0.05) is 6.07 Å². The van der Waals surface area contributed by atoms with Crippen LogP contribution in [-0.4, -0.2) is 30.5 Å². The van der Waals surface area contributed by atoms with Gasteiger partial charge < -0.3 is 10.3 Å². The molecule has 0 radical (unpaired) electrons. The number of hydrogen-bond acceptors (Lipinski definition) is 5. The Morgan fingerprint density at radius 1 is 1.29 bits per heavy atom. The summed E-state index contributed by atoms with van der Waals surface area (Å²) in [4.78, 5) is 30.8. The zero-order valence-electron chi connectivity index (χ0n) is 13.5. The Hall–Kier alpha value is -3.03. The minimum absolute atomic E-state index is 0.151. The SMILES string of the molecule is Cc1nc(C)c(CCC(=O)NCc2nnc3ccccn23)c(=O)[nH]1. The second-order valence-electron chi connectivity index (χ2n) is 5.54. The molecule has 0 spiro atoms. The predicted molar refractivity (Wildman–Crippen MR) is 87.5 cm³/mol. The Balaban J connectivity index is 1.60. The maximum absolute atomic E-state index is 12.0. The van der Waals surface area contributed by atoms with Crippen molar-refractivity contribution in [3.63, 3.8) is 0 Å². The number of H-pyrrole nitrogens is 1. The lowest BCUT2D eigenvalue weighted by Gasteiger charge is -2.06. The van der Waals surface area contributed by atoms with Gasteiger partial charge in [0.2, 0.25) is 5.91 Å². The molecule has 8 nitrogen and oxygen atoms in total. The molecule has 0 saturated heterocycles. The van der Waals surface area contributed by atoms with E-state index in [0.717, 1.165) is 5.65 Å². The first kappa shape index (κ1) is 15.9. The van der Waals surface area contributed by atoms with Crippen LogP contribution in [0, 0.1) is 13.8 Å². The van der Waals surface area contributed by atoms with E-state index in [1.165, 1.54) is 0 Å². The fourth-order valence-corrected chi connectivity index (χ4v) is 2.56. The molecular formula is C16H18N6O2. The molecule has 2 N–H and O–H groups in total. The molecule has 24 heavy (non-hydrogen) atoms. The molecule has 0 atom stereocenters. The lowest BCUT2D eigenvalue weighted by molar-refractivity contribution is -0.121. The second-order valence-corrected chi connectivity index (χ2v) is 5.54. The standard InChI is InChI=1S/C16H18N6O2/c1-10-12(16(24)19-11(2)18-10)6-7-15(23)17-9-14-21-20-13-5-3-4-8-22(13)14/h3-5,8H,6-7,9H2,1-2H3,(H,17,23)(H,18,19,24). The minimum Gasteiger partial charge on any atom is -0.349 e. The number of carbonyl (C=O) groups excluding carboxylic acids is 1. The van der Waals surface area contributed by atoms with Crippen molar-refractivity contribution in [1.29, 1.82) is 0 Å². The highest BCUT2D eigenvalue weighted by atomic mass is 16.1. The minimum atomic E-state index is -0.184. The summed E-state index contributed by atoms with van der Waals surface area (Å²) in [6, 6.07) is 5.60. The number of nitrogens with one attached hydrogen (secondary N) is 2. The largest absolute Gasteiger partial charge is 0.349 e. The van der Waals surface area contributed by atoms with Crippen LogP contribution in [0.2, 0.25) is 0 Å². The summed E-state index contributed by atoms with van der Waals surface area (Å²) < 4.78 is 1.82. The molecule has 3 heterocycles. The first-order valence-electron chi connectivity index (χ1n) is 7.66. The van der Waals surface area contributed by atoms with Gasteiger partial charge in [-0.2, -0.15) is 0 Å². The molecule has 3 aromatic rings. The van der Waals surface area contributed by atoms with Gasteiger partial charge in [-0.05, 0) is 32.4 Å². The van der Waals surface area contributed by atoms with E-state index in [2.05, 4.69) is 25.5 Å². The highest BCUT2D eigenvalue weighted by Crippen LogP contribution is 2.04. The monoisotopic (exact) mass is 326 g/mol. The number of carbonyl (C=O) groups is 1. The van der Waals surface area contributed by atoms with Gasteiger partial charge >= 0.3 is 0 Å². The van der Waals surface area contributed by atoms with Gasteiger partial charge in [0.25, 0.3) is 5.56 Å². The number of nitrogens with zero attached hydrogens (tertiary/aromatic N) is 4. The van der Waals surface area contributed by atoms with Crippen LogP contribution in [0.4, 0.5) is 0 Å². The third kappa shape index (κ3) is 3.32. The third-order valence-electron chi connectivity index (χ3n) is 3.77. The van der Waals surface area contributed by atoms with Crippen LogP contribution in [0.5, 0.6) is 0 Å². The first-order valence-corrected chi connectivity index (χ1v) is 7.66.